The number of pyridine rings is 1. The summed E-state index contributed by atoms with van der Waals surface area (Å²) in [5, 5.41) is 11.4. The lowest BCUT2D eigenvalue weighted by Gasteiger charge is -2.09. The van der Waals surface area contributed by atoms with Crippen LogP contribution < -0.4 is 5.32 Å². The predicted octanol–water partition coefficient (Wildman–Crippen LogP) is 3.62. The standard InChI is InChI=1S/C20H17F3N6O2/c1-28-9-13(7-24-28)18-6-16(15-4-2-3-5-17(15)27-18)19(30)26-14-8-25-29(10-14)12-31-11-20(21,22)23/h2-10H,11-12H2,1H3,(H,26,30). The molecular weight excluding hydrogens is 413 g/mol. The van der Waals surface area contributed by atoms with E-state index in [1.165, 1.54) is 12.4 Å². The summed E-state index contributed by atoms with van der Waals surface area (Å²) in [6, 6.07) is 8.90. The number of fused-ring (bicyclic) bond motifs is 1. The average molecular weight is 430 g/mol. The molecule has 1 amide bonds. The lowest BCUT2D eigenvalue weighted by molar-refractivity contribution is -0.182. The predicted molar refractivity (Wildman–Crippen MR) is 106 cm³/mol. The van der Waals surface area contributed by atoms with Crippen molar-refractivity contribution in [3.8, 4) is 11.3 Å². The second-order valence-corrected chi connectivity index (χ2v) is 6.79. The number of anilines is 1. The summed E-state index contributed by atoms with van der Waals surface area (Å²) < 4.78 is 43.9. The number of halogens is 3. The molecule has 0 aliphatic rings. The molecule has 0 atom stereocenters. The zero-order valence-electron chi connectivity index (χ0n) is 16.3. The van der Waals surface area contributed by atoms with Crippen LogP contribution in [0.15, 0.2) is 55.1 Å². The van der Waals surface area contributed by atoms with Crippen LogP contribution in [-0.2, 0) is 18.5 Å². The molecule has 0 spiro atoms. The van der Waals surface area contributed by atoms with Crippen LogP contribution in [0.2, 0.25) is 0 Å². The van der Waals surface area contributed by atoms with E-state index in [1.54, 1.807) is 42.3 Å². The van der Waals surface area contributed by atoms with Crippen LogP contribution in [0.25, 0.3) is 22.2 Å². The van der Waals surface area contributed by atoms with Crippen LogP contribution in [0.5, 0.6) is 0 Å². The molecule has 0 saturated heterocycles. The van der Waals surface area contributed by atoms with Crippen LogP contribution in [0.1, 0.15) is 10.4 Å². The number of hydrogen-bond acceptors (Lipinski definition) is 5. The molecule has 0 fully saturated rings. The fraction of sp³-hybridized carbons (Fsp3) is 0.200. The Bertz CT molecular complexity index is 1230. The van der Waals surface area contributed by atoms with E-state index in [1.807, 2.05) is 12.1 Å². The number of benzene rings is 1. The van der Waals surface area contributed by atoms with E-state index in [4.69, 9.17) is 0 Å². The highest BCUT2D eigenvalue weighted by Gasteiger charge is 2.27. The van der Waals surface area contributed by atoms with Crippen LogP contribution in [0, 0.1) is 0 Å². The van der Waals surface area contributed by atoms with Gasteiger partial charge in [-0.15, -0.1) is 0 Å². The van der Waals surface area contributed by atoms with Crippen molar-refractivity contribution in [2.24, 2.45) is 7.05 Å². The number of aromatic nitrogens is 5. The molecule has 4 aromatic rings. The molecule has 160 valence electrons. The minimum absolute atomic E-state index is 0.324. The first kappa shape index (κ1) is 20.5. The number of rotatable bonds is 6. The van der Waals surface area contributed by atoms with E-state index in [0.29, 0.717) is 27.8 Å². The van der Waals surface area contributed by atoms with E-state index >= 15 is 0 Å². The van der Waals surface area contributed by atoms with Gasteiger partial charge in [0.1, 0.15) is 13.3 Å². The molecule has 0 aliphatic carbocycles. The maximum Gasteiger partial charge on any atom is 0.411 e. The van der Waals surface area contributed by atoms with Crippen molar-refractivity contribution >= 4 is 22.5 Å². The molecule has 8 nitrogen and oxygen atoms in total. The van der Waals surface area contributed by atoms with E-state index in [9.17, 15) is 18.0 Å². The van der Waals surface area contributed by atoms with Crippen LogP contribution in [0.4, 0.5) is 18.9 Å². The minimum Gasteiger partial charge on any atom is -0.350 e. The van der Waals surface area contributed by atoms with Crippen molar-refractivity contribution in [3.63, 3.8) is 0 Å². The Balaban J connectivity index is 1.56. The largest absolute Gasteiger partial charge is 0.411 e. The van der Waals surface area contributed by atoms with Gasteiger partial charge < -0.3 is 10.1 Å². The van der Waals surface area contributed by atoms with Gasteiger partial charge in [-0.05, 0) is 12.1 Å². The summed E-state index contributed by atoms with van der Waals surface area (Å²) in [4.78, 5) is 17.6. The lowest BCUT2D eigenvalue weighted by atomic mass is 10.0. The Morgan fingerprint density at radius 2 is 1.97 bits per heavy atom. The van der Waals surface area contributed by atoms with Gasteiger partial charge in [0.25, 0.3) is 5.91 Å². The molecule has 3 heterocycles. The summed E-state index contributed by atoms with van der Waals surface area (Å²) in [6.07, 6.45) is 1.76. The first-order valence-electron chi connectivity index (χ1n) is 9.15. The molecule has 4 rings (SSSR count). The highest BCUT2D eigenvalue weighted by Crippen LogP contribution is 2.25. The van der Waals surface area contributed by atoms with Crippen LogP contribution in [-0.4, -0.2) is 43.2 Å². The highest BCUT2D eigenvalue weighted by atomic mass is 19.4. The Hall–Kier alpha value is -3.73. The lowest BCUT2D eigenvalue weighted by Crippen LogP contribution is -2.18. The number of hydrogen-bond donors (Lipinski definition) is 1. The van der Waals surface area contributed by atoms with Crippen LogP contribution >= 0.6 is 0 Å². The molecule has 0 unspecified atom stereocenters. The molecule has 0 aliphatic heterocycles. The van der Waals surface area contributed by atoms with Gasteiger partial charge in [0, 0.05) is 24.2 Å². The number of carbonyl (C=O) groups is 1. The van der Waals surface area contributed by atoms with E-state index in [-0.39, 0.29) is 0 Å². The van der Waals surface area contributed by atoms with Gasteiger partial charge in [-0.2, -0.15) is 23.4 Å². The molecule has 0 radical (unpaired) electrons. The summed E-state index contributed by atoms with van der Waals surface area (Å²) in [5.41, 5.74) is 2.71. The molecule has 11 heteroatoms. The number of ether oxygens (including phenoxy) is 1. The smallest absolute Gasteiger partial charge is 0.350 e. The van der Waals surface area contributed by atoms with Gasteiger partial charge in [-0.25, -0.2) is 9.67 Å². The number of carbonyl (C=O) groups excluding carboxylic acids is 1. The minimum atomic E-state index is -4.42. The number of amides is 1. The summed E-state index contributed by atoms with van der Waals surface area (Å²) in [7, 11) is 1.79. The molecule has 0 saturated carbocycles. The van der Waals surface area contributed by atoms with Crippen molar-refractivity contribution in [2.45, 2.75) is 12.9 Å². The maximum atomic E-state index is 13.0. The number of aryl methyl sites for hydroxylation is 1. The van der Waals surface area contributed by atoms with Gasteiger partial charge >= 0.3 is 6.18 Å². The average Bonchev–Trinajstić information content (AvgIpc) is 3.35. The molecule has 0 bridgehead atoms. The summed E-state index contributed by atoms with van der Waals surface area (Å²) in [5.74, 6) is -0.403. The second-order valence-electron chi connectivity index (χ2n) is 6.79. The third-order valence-electron chi connectivity index (χ3n) is 4.34. The molecule has 31 heavy (non-hydrogen) atoms. The maximum absolute atomic E-state index is 13.0. The second kappa shape index (κ2) is 8.19. The molecular formula is C20H17F3N6O2. The summed E-state index contributed by atoms with van der Waals surface area (Å²) in [6.45, 7) is -1.77. The van der Waals surface area contributed by atoms with Crippen molar-refractivity contribution in [1.29, 1.82) is 0 Å². The number of para-hydroxylation sites is 1. The number of nitrogens with one attached hydrogen (secondary N) is 1. The van der Waals surface area contributed by atoms with Crippen molar-refractivity contribution in [1.82, 2.24) is 24.5 Å². The van der Waals surface area contributed by atoms with Gasteiger partial charge in [-0.3, -0.25) is 9.48 Å². The Labute approximate surface area is 174 Å². The first-order chi connectivity index (χ1) is 14.8. The quantitative estimate of drug-likeness (QED) is 0.505. The van der Waals surface area contributed by atoms with Gasteiger partial charge in [0.05, 0.1) is 41.1 Å². The summed E-state index contributed by atoms with van der Waals surface area (Å²) >= 11 is 0. The van der Waals surface area contributed by atoms with E-state index in [2.05, 4.69) is 25.2 Å². The Morgan fingerprint density at radius 1 is 1.16 bits per heavy atom. The van der Waals surface area contributed by atoms with Crippen molar-refractivity contribution < 1.29 is 22.7 Å². The van der Waals surface area contributed by atoms with Crippen molar-refractivity contribution in [3.05, 3.63) is 60.7 Å². The monoisotopic (exact) mass is 430 g/mol. The van der Waals surface area contributed by atoms with Gasteiger partial charge in [-0.1, -0.05) is 18.2 Å². The fourth-order valence-electron chi connectivity index (χ4n) is 3.02. The molecule has 1 aromatic carbocycles. The van der Waals surface area contributed by atoms with Crippen LogP contribution in [0.3, 0.4) is 0 Å². The first-order valence-corrected chi connectivity index (χ1v) is 9.15. The normalized spacial score (nSPS) is 11.7. The third-order valence-corrected chi connectivity index (χ3v) is 4.34. The highest BCUT2D eigenvalue weighted by molar-refractivity contribution is 6.13. The third kappa shape index (κ3) is 4.89. The van der Waals surface area contributed by atoms with E-state index < -0.39 is 25.4 Å². The Kier molecular flexibility index (Phi) is 5.42. The molecule has 1 N–H and O–H groups in total. The van der Waals surface area contributed by atoms with Gasteiger partial charge in [0.15, 0.2) is 0 Å². The Morgan fingerprint density at radius 3 is 2.71 bits per heavy atom. The topological polar surface area (TPSA) is 86.9 Å². The number of alkyl halides is 3. The van der Waals surface area contributed by atoms with Crippen molar-refractivity contribution in [2.75, 3.05) is 11.9 Å². The SMILES string of the molecule is Cn1cc(-c2cc(C(=O)Nc3cnn(COCC(F)(F)F)c3)c3ccccc3n2)cn1. The number of nitrogens with zero attached hydrogens (tertiary/aromatic N) is 5. The molecule has 3 aromatic heterocycles. The van der Waals surface area contributed by atoms with Gasteiger partial charge in [0.2, 0.25) is 0 Å². The van der Waals surface area contributed by atoms with E-state index in [0.717, 1.165) is 10.2 Å². The fourth-order valence-corrected chi connectivity index (χ4v) is 3.02. The zero-order chi connectivity index (χ0) is 22.0. The zero-order valence-corrected chi connectivity index (χ0v) is 16.3.